The zero-order chi connectivity index (χ0) is 15.2. The van der Waals surface area contributed by atoms with Crippen molar-refractivity contribution in [1.82, 2.24) is 10.3 Å². The predicted molar refractivity (Wildman–Crippen MR) is 90.4 cm³/mol. The van der Waals surface area contributed by atoms with Crippen molar-refractivity contribution in [2.24, 2.45) is 0 Å². The molecule has 0 spiro atoms. The molecule has 2 rings (SSSR count). The Morgan fingerprint density at radius 2 is 2.33 bits per heavy atom. The molecular weight excluding hydrogens is 306 g/mol. The summed E-state index contributed by atoms with van der Waals surface area (Å²) in [6.07, 6.45) is 8.02. The van der Waals surface area contributed by atoms with Crippen LogP contribution in [0, 0.1) is 0 Å². The summed E-state index contributed by atoms with van der Waals surface area (Å²) < 4.78 is 0. The number of rotatable bonds is 6. The average Bonchev–Trinajstić information content (AvgIpc) is 2.93. The van der Waals surface area contributed by atoms with Crippen molar-refractivity contribution in [1.29, 1.82) is 0 Å². The number of carbonyl (C=O) groups excluding carboxylic acids is 1. The number of aromatic nitrogens is 1. The van der Waals surface area contributed by atoms with E-state index in [1.54, 1.807) is 6.07 Å². The molecule has 1 amide bonds. The molecule has 1 aliphatic rings. The number of nitrogens with one attached hydrogen (secondary N) is 2. The van der Waals surface area contributed by atoms with E-state index in [0.717, 1.165) is 19.4 Å². The highest BCUT2D eigenvalue weighted by Gasteiger charge is 2.28. The quantitative estimate of drug-likeness (QED) is 0.838. The summed E-state index contributed by atoms with van der Waals surface area (Å²) in [6, 6.07) is 1.97. The lowest BCUT2D eigenvalue weighted by atomic mass is 10.2. The zero-order valence-corrected chi connectivity index (χ0v) is 14.1. The van der Waals surface area contributed by atoms with Crippen molar-refractivity contribution in [3.8, 4) is 0 Å². The molecule has 21 heavy (non-hydrogen) atoms. The van der Waals surface area contributed by atoms with Crippen LogP contribution in [0.15, 0.2) is 12.3 Å². The highest BCUT2D eigenvalue weighted by atomic mass is 35.5. The number of pyridine rings is 1. The van der Waals surface area contributed by atoms with Crippen LogP contribution in [0.1, 0.15) is 43.0 Å². The molecule has 0 radical (unpaired) electrons. The van der Waals surface area contributed by atoms with Crippen LogP contribution >= 0.6 is 23.4 Å². The summed E-state index contributed by atoms with van der Waals surface area (Å²) in [7, 11) is 0. The van der Waals surface area contributed by atoms with Gasteiger partial charge in [0.1, 0.15) is 5.82 Å². The normalized spacial score (nSPS) is 21.3. The molecule has 4 nitrogen and oxygen atoms in total. The Labute approximate surface area is 135 Å². The first kappa shape index (κ1) is 16.4. The number of halogens is 1. The van der Waals surface area contributed by atoms with Gasteiger partial charge in [-0.25, -0.2) is 4.98 Å². The highest BCUT2D eigenvalue weighted by Crippen LogP contribution is 2.29. The maximum absolute atomic E-state index is 12.4. The average molecular weight is 328 g/mol. The molecule has 1 aromatic rings. The molecule has 2 atom stereocenters. The molecule has 0 saturated heterocycles. The largest absolute Gasteiger partial charge is 0.370 e. The second-order valence-corrected chi connectivity index (χ2v) is 6.75. The molecule has 1 saturated carbocycles. The van der Waals surface area contributed by atoms with Crippen molar-refractivity contribution in [3.63, 3.8) is 0 Å². The maximum Gasteiger partial charge on any atom is 0.253 e. The van der Waals surface area contributed by atoms with Gasteiger partial charge in [-0.1, -0.05) is 24.9 Å². The van der Waals surface area contributed by atoms with Crippen LogP contribution in [0.2, 0.25) is 5.02 Å². The first-order valence-electron chi connectivity index (χ1n) is 7.38. The first-order valence-corrected chi connectivity index (χ1v) is 9.05. The van der Waals surface area contributed by atoms with Crippen molar-refractivity contribution >= 4 is 35.1 Å². The van der Waals surface area contributed by atoms with Crippen LogP contribution in [0.3, 0.4) is 0 Å². The minimum Gasteiger partial charge on any atom is -0.370 e. The van der Waals surface area contributed by atoms with Crippen molar-refractivity contribution in [2.45, 2.75) is 43.9 Å². The van der Waals surface area contributed by atoms with Gasteiger partial charge in [0.15, 0.2) is 0 Å². The van der Waals surface area contributed by atoms with Crippen LogP contribution in [-0.2, 0) is 0 Å². The number of nitrogens with zero attached hydrogens (tertiary/aromatic N) is 1. The third-order valence-corrected chi connectivity index (χ3v) is 5.20. The molecule has 1 aromatic heterocycles. The van der Waals surface area contributed by atoms with E-state index in [1.807, 2.05) is 11.8 Å². The summed E-state index contributed by atoms with van der Waals surface area (Å²) >= 11 is 7.95. The minimum absolute atomic E-state index is 0.104. The van der Waals surface area contributed by atoms with E-state index < -0.39 is 0 Å². The summed E-state index contributed by atoms with van der Waals surface area (Å²) in [6.45, 7) is 2.91. The van der Waals surface area contributed by atoms with Gasteiger partial charge in [0.2, 0.25) is 0 Å². The summed E-state index contributed by atoms with van der Waals surface area (Å²) in [5.74, 6) is 0.590. The molecule has 2 unspecified atom stereocenters. The SMILES string of the molecule is CCCNc1cc(C(=O)NC2CCCC2SC)c(Cl)cn1. The highest BCUT2D eigenvalue weighted by molar-refractivity contribution is 7.99. The van der Waals surface area contributed by atoms with Crippen LogP contribution in [0.25, 0.3) is 0 Å². The fraction of sp³-hybridized carbons (Fsp3) is 0.600. The fourth-order valence-corrected chi connectivity index (χ4v) is 3.71. The zero-order valence-electron chi connectivity index (χ0n) is 12.5. The van der Waals surface area contributed by atoms with Gasteiger partial charge >= 0.3 is 0 Å². The third-order valence-electron chi connectivity index (χ3n) is 3.73. The number of amides is 1. The van der Waals surface area contributed by atoms with Gasteiger partial charge < -0.3 is 10.6 Å². The third kappa shape index (κ3) is 4.27. The maximum atomic E-state index is 12.4. The van der Waals surface area contributed by atoms with Gasteiger partial charge in [0.25, 0.3) is 5.91 Å². The number of hydrogen-bond donors (Lipinski definition) is 2. The number of hydrogen-bond acceptors (Lipinski definition) is 4. The van der Waals surface area contributed by atoms with E-state index >= 15 is 0 Å². The Morgan fingerprint density at radius 3 is 3.05 bits per heavy atom. The summed E-state index contributed by atoms with van der Waals surface area (Å²) in [5, 5.41) is 7.20. The molecular formula is C15H22ClN3OS. The van der Waals surface area contributed by atoms with Crippen molar-refractivity contribution in [3.05, 3.63) is 22.8 Å². The van der Waals surface area contributed by atoms with E-state index in [1.165, 1.54) is 19.0 Å². The Hall–Kier alpha value is -0.940. The van der Waals surface area contributed by atoms with E-state index in [9.17, 15) is 4.79 Å². The molecule has 6 heteroatoms. The van der Waals surface area contributed by atoms with Gasteiger partial charge in [-0.2, -0.15) is 11.8 Å². The standard InChI is InChI=1S/C15H22ClN3OS/c1-3-7-17-14-8-10(11(16)9-18-14)15(20)19-12-5-4-6-13(12)21-2/h8-9,12-13H,3-7H2,1-2H3,(H,17,18)(H,19,20). The van der Waals surface area contributed by atoms with Crippen LogP contribution in [0.5, 0.6) is 0 Å². The predicted octanol–water partition coefficient (Wildman–Crippen LogP) is 3.57. The Morgan fingerprint density at radius 1 is 1.52 bits per heavy atom. The molecule has 0 aliphatic heterocycles. The Balaban J connectivity index is 2.07. The first-order chi connectivity index (χ1) is 10.2. The summed E-state index contributed by atoms with van der Waals surface area (Å²) in [5.41, 5.74) is 0.497. The van der Waals surface area contributed by atoms with E-state index in [-0.39, 0.29) is 11.9 Å². The lowest BCUT2D eigenvalue weighted by molar-refractivity contribution is 0.0939. The van der Waals surface area contributed by atoms with Crippen LogP contribution in [0.4, 0.5) is 5.82 Å². The van der Waals surface area contributed by atoms with Crippen LogP contribution in [-0.4, -0.2) is 35.0 Å². The molecule has 1 aliphatic carbocycles. The van der Waals surface area contributed by atoms with E-state index in [0.29, 0.717) is 21.7 Å². The lowest BCUT2D eigenvalue weighted by Crippen LogP contribution is -2.38. The van der Waals surface area contributed by atoms with Gasteiger partial charge in [-0.05, 0) is 31.6 Å². The smallest absolute Gasteiger partial charge is 0.253 e. The number of thioether (sulfide) groups is 1. The monoisotopic (exact) mass is 327 g/mol. The van der Waals surface area contributed by atoms with Gasteiger partial charge in [0, 0.05) is 24.0 Å². The van der Waals surface area contributed by atoms with Crippen LogP contribution < -0.4 is 10.6 Å². The molecule has 0 bridgehead atoms. The van der Waals surface area contributed by atoms with Gasteiger partial charge in [-0.15, -0.1) is 0 Å². The van der Waals surface area contributed by atoms with Crippen molar-refractivity contribution < 1.29 is 4.79 Å². The van der Waals surface area contributed by atoms with Gasteiger partial charge in [0.05, 0.1) is 10.6 Å². The Bertz CT molecular complexity index is 498. The molecule has 0 aromatic carbocycles. The van der Waals surface area contributed by atoms with E-state index in [2.05, 4.69) is 28.8 Å². The minimum atomic E-state index is -0.104. The topological polar surface area (TPSA) is 54.0 Å². The number of anilines is 1. The molecule has 2 N–H and O–H groups in total. The molecule has 1 fully saturated rings. The summed E-state index contributed by atoms with van der Waals surface area (Å²) in [4.78, 5) is 16.6. The molecule has 116 valence electrons. The van der Waals surface area contributed by atoms with Crippen molar-refractivity contribution in [2.75, 3.05) is 18.1 Å². The number of carbonyl (C=O) groups is 1. The van der Waals surface area contributed by atoms with E-state index in [4.69, 9.17) is 11.6 Å². The second-order valence-electron chi connectivity index (χ2n) is 5.26. The van der Waals surface area contributed by atoms with Gasteiger partial charge in [-0.3, -0.25) is 4.79 Å². The molecule has 1 heterocycles. The lowest BCUT2D eigenvalue weighted by Gasteiger charge is -2.19. The fourth-order valence-electron chi connectivity index (χ4n) is 2.58. The Kier molecular flexibility index (Phi) is 6.18. The second kappa shape index (κ2) is 7.90.